The van der Waals surface area contributed by atoms with E-state index >= 15 is 0 Å². The van der Waals surface area contributed by atoms with Crippen LogP contribution in [0.15, 0.2) is 53.9 Å². The van der Waals surface area contributed by atoms with Crippen molar-refractivity contribution in [2.75, 3.05) is 6.54 Å². The first kappa shape index (κ1) is 22.3. The fraction of sp³-hybridized carbons (Fsp3) is 0.227. The Bertz CT molecular complexity index is 1130. The highest BCUT2D eigenvalue weighted by Crippen LogP contribution is 2.30. The smallest absolute Gasteiger partial charge is 0.353 e. The van der Waals surface area contributed by atoms with E-state index in [1.54, 1.807) is 0 Å². The monoisotopic (exact) mass is 445 g/mol. The molecule has 0 spiro atoms. The summed E-state index contributed by atoms with van der Waals surface area (Å²) < 4.78 is 39.9. The highest BCUT2D eigenvalue weighted by molar-refractivity contribution is 7.17. The van der Waals surface area contributed by atoms with Gasteiger partial charge in [0, 0.05) is 23.2 Å². The van der Waals surface area contributed by atoms with E-state index in [1.807, 2.05) is 35.7 Å². The maximum atomic E-state index is 13.0. The molecule has 2 aromatic carbocycles. The molecule has 9 heteroatoms. The molecule has 1 heterocycles. The zero-order chi connectivity index (χ0) is 22.4. The fourth-order valence-corrected chi connectivity index (χ4v) is 4.04. The first-order valence-corrected chi connectivity index (χ1v) is 10.3. The van der Waals surface area contributed by atoms with Gasteiger partial charge in [0.15, 0.2) is 0 Å². The summed E-state index contributed by atoms with van der Waals surface area (Å²) in [5.41, 5.74) is -0.302. The lowest BCUT2D eigenvalue weighted by atomic mass is 10.0. The van der Waals surface area contributed by atoms with Crippen molar-refractivity contribution in [2.24, 2.45) is 0 Å². The Kier molecular flexibility index (Phi) is 6.92. The van der Waals surface area contributed by atoms with Gasteiger partial charge >= 0.3 is 6.18 Å². The van der Waals surface area contributed by atoms with Gasteiger partial charge in [-0.15, -0.1) is 11.3 Å². The summed E-state index contributed by atoms with van der Waals surface area (Å²) in [6.45, 7) is 0.107. The Morgan fingerprint density at radius 2 is 1.90 bits per heavy atom. The zero-order valence-electron chi connectivity index (χ0n) is 16.2. The molecule has 0 fully saturated rings. The molecule has 0 radical (unpaired) electrons. The van der Waals surface area contributed by atoms with Crippen molar-refractivity contribution < 1.29 is 22.8 Å². The normalized spacial score (nSPS) is 12.2. The molecule has 3 aromatic rings. The number of nitrogens with zero attached hydrogens (tertiary/aromatic N) is 1. The van der Waals surface area contributed by atoms with Crippen LogP contribution < -0.4 is 10.6 Å². The number of amides is 2. The lowest BCUT2D eigenvalue weighted by molar-refractivity contribution is -0.137. The molecule has 0 aliphatic rings. The van der Waals surface area contributed by atoms with Gasteiger partial charge in [-0.05, 0) is 40.6 Å². The Balaban J connectivity index is 1.83. The van der Waals surface area contributed by atoms with E-state index in [0.29, 0.717) is 0 Å². The summed E-state index contributed by atoms with van der Waals surface area (Å²) >= 11 is 1.50. The lowest BCUT2D eigenvalue weighted by Crippen LogP contribution is -2.48. The van der Waals surface area contributed by atoms with E-state index in [1.165, 1.54) is 17.4 Å². The van der Waals surface area contributed by atoms with Gasteiger partial charge in [-0.2, -0.15) is 18.4 Å². The van der Waals surface area contributed by atoms with Gasteiger partial charge in [0.1, 0.15) is 6.04 Å². The second kappa shape index (κ2) is 9.62. The molecule has 0 saturated carbocycles. The molecule has 0 bridgehead atoms. The molecular formula is C22H18F3N3O2S. The number of rotatable bonds is 7. The number of thiophene rings is 1. The summed E-state index contributed by atoms with van der Waals surface area (Å²) in [7, 11) is 0. The highest BCUT2D eigenvalue weighted by Gasteiger charge is 2.31. The van der Waals surface area contributed by atoms with E-state index in [2.05, 4.69) is 10.6 Å². The van der Waals surface area contributed by atoms with Gasteiger partial charge in [-0.1, -0.05) is 24.3 Å². The maximum absolute atomic E-state index is 13.0. The SMILES string of the molecule is N#CCCNC(=O)C(Cc1csc2ccccc12)NC(=O)c1cccc(C(F)(F)F)c1. The van der Waals surface area contributed by atoms with Crippen molar-refractivity contribution in [3.63, 3.8) is 0 Å². The third-order valence-electron chi connectivity index (χ3n) is 4.60. The fourth-order valence-electron chi connectivity index (χ4n) is 3.06. The standard InChI is InChI=1S/C22H18F3N3O2S/c23-22(24,25)16-6-3-5-14(11-16)20(29)28-18(21(30)27-10-4-9-26)12-15-13-31-19-8-2-1-7-17(15)19/h1-3,5-8,11,13,18H,4,10,12H2,(H,27,30)(H,28,29). The van der Waals surface area contributed by atoms with Gasteiger partial charge in [0.05, 0.1) is 18.1 Å². The van der Waals surface area contributed by atoms with E-state index in [-0.39, 0.29) is 24.9 Å². The number of nitrogens with one attached hydrogen (secondary N) is 2. The molecule has 0 aliphatic heterocycles. The van der Waals surface area contributed by atoms with Crippen LogP contribution in [0.3, 0.4) is 0 Å². The third-order valence-corrected chi connectivity index (χ3v) is 5.61. The second-order valence-electron chi connectivity index (χ2n) is 6.76. The van der Waals surface area contributed by atoms with Gasteiger partial charge in [0.2, 0.25) is 5.91 Å². The van der Waals surface area contributed by atoms with Gasteiger partial charge in [-0.25, -0.2) is 0 Å². The summed E-state index contributed by atoms with van der Waals surface area (Å²) in [5, 5.41) is 16.6. The lowest BCUT2D eigenvalue weighted by Gasteiger charge is -2.18. The Morgan fingerprint density at radius 3 is 2.65 bits per heavy atom. The van der Waals surface area contributed by atoms with Crippen molar-refractivity contribution in [3.05, 3.63) is 70.6 Å². The number of hydrogen-bond acceptors (Lipinski definition) is 4. The average Bonchev–Trinajstić information content (AvgIpc) is 3.15. The van der Waals surface area contributed by atoms with E-state index in [4.69, 9.17) is 5.26 Å². The van der Waals surface area contributed by atoms with Crippen LogP contribution in [-0.2, 0) is 17.4 Å². The van der Waals surface area contributed by atoms with Crippen molar-refractivity contribution >= 4 is 33.2 Å². The van der Waals surface area contributed by atoms with Crippen molar-refractivity contribution in [2.45, 2.75) is 25.1 Å². The third kappa shape index (κ3) is 5.61. The van der Waals surface area contributed by atoms with Crippen LogP contribution in [-0.4, -0.2) is 24.4 Å². The Morgan fingerprint density at radius 1 is 1.13 bits per heavy atom. The van der Waals surface area contributed by atoms with Gasteiger partial charge in [0.25, 0.3) is 5.91 Å². The molecule has 1 unspecified atom stereocenters. The van der Waals surface area contributed by atoms with Gasteiger partial charge < -0.3 is 10.6 Å². The molecule has 2 N–H and O–H groups in total. The molecule has 160 valence electrons. The average molecular weight is 445 g/mol. The second-order valence-corrected chi connectivity index (χ2v) is 7.68. The first-order valence-electron chi connectivity index (χ1n) is 9.37. The maximum Gasteiger partial charge on any atom is 0.416 e. The molecule has 5 nitrogen and oxygen atoms in total. The molecule has 3 rings (SSSR count). The van der Waals surface area contributed by atoms with Crippen LogP contribution in [0.25, 0.3) is 10.1 Å². The van der Waals surface area contributed by atoms with Crippen LogP contribution in [0.5, 0.6) is 0 Å². The summed E-state index contributed by atoms with van der Waals surface area (Å²) in [5.74, 6) is -1.29. The summed E-state index contributed by atoms with van der Waals surface area (Å²) in [4.78, 5) is 25.3. The molecule has 1 aromatic heterocycles. The predicted molar refractivity (Wildman–Crippen MR) is 111 cm³/mol. The Labute approximate surface area is 180 Å². The zero-order valence-corrected chi connectivity index (χ0v) is 17.0. The number of hydrogen-bond donors (Lipinski definition) is 2. The minimum absolute atomic E-state index is 0.0986. The van der Waals surface area contributed by atoms with E-state index in [9.17, 15) is 22.8 Å². The minimum Gasteiger partial charge on any atom is -0.353 e. The van der Waals surface area contributed by atoms with Crippen molar-refractivity contribution in [3.8, 4) is 6.07 Å². The Hall–Kier alpha value is -3.38. The quantitative estimate of drug-likeness (QED) is 0.533. The number of carbonyl (C=O) groups excluding carboxylic acids is 2. The topological polar surface area (TPSA) is 82.0 Å². The molecule has 31 heavy (non-hydrogen) atoms. The van der Waals surface area contributed by atoms with Crippen molar-refractivity contribution in [1.29, 1.82) is 5.26 Å². The minimum atomic E-state index is -4.58. The highest BCUT2D eigenvalue weighted by atomic mass is 32.1. The number of carbonyl (C=O) groups is 2. The van der Waals surface area contributed by atoms with Crippen LogP contribution in [0.4, 0.5) is 13.2 Å². The van der Waals surface area contributed by atoms with Crippen molar-refractivity contribution in [1.82, 2.24) is 10.6 Å². The molecule has 0 saturated heterocycles. The van der Waals surface area contributed by atoms with Crippen LogP contribution in [0.2, 0.25) is 0 Å². The van der Waals surface area contributed by atoms with Crippen LogP contribution >= 0.6 is 11.3 Å². The molecule has 0 aliphatic carbocycles. The van der Waals surface area contributed by atoms with Gasteiger partial charge in [-0.3, -0.25) is 9.59 Å². The largest absolute Gasteiger partial charge is 0.416 e. The number of fused-ring (bicyclic) bond motifs is 1. The van der Waals surface area contributed by atoms with E-state index < -0.39 is 29.6 Å². The molecular weight excluding hydrogens is 427 g/mol. The molecule has 1 atom stereocenters. The number of halogens is 3. The van der Waals surface area contributed by atoms with E-state index in [0.717, 1.165) is 33.8 Å². The predicted octanol–water partition coefficient (Wildman–Crippen LogP) is 4.29. The summed E-state index contributed by atoms with van der Waals surface area (Å²) in [6.07, 6.45) is -4.32. The number of alkyl halides is 3. The van der Waals surface area contributed by atoms with Crippen LogP contribution in [0, 0.1) is 11.3 Å². The first-order chi connectivity index (χ1) is 14.8. The number of benzene rings is 2. The molecule has 2 amide bonds. The number of nitriles is 1. The summed E-state index contributed by atoms with van der Waals surface area (Å²) in [6, 6.07) is 12.5. The van der Waals surface area contributed by atoms with Crippen LogP contribution in [0.1, 0.15) is 27.9 Å².